The highest BCUT2D eigenvalue weighted by Gasteiger charge is 2.35. The maximum absolute atomic E-state index is 13.0. The van der Waals surface area contributed by atoms with Crippen molar-refractivity contribution in [3.05, 3.63) is 65.7 Å². The molecule has 0 radical (unpaired) electrons. The van der Waals surface area contributed by atoms with Gasteiger partial charge in [-0.25, -0.2) is 4.79 Å². The Bertz CT molecular complexity index is 1240. The molecule has 0 aromatic heterocycles. The summed E-state index contributed by atoms with van der Waals surface area (Å²) in [6, 6.07) is 14.1. The molecule has 13 nitrogen and oxygen atoms in total. The molecular weight excluding hydrogens is 632 g/mol. The zero-order chi connectivity index (χ0) is 36.2. The summed E-state index contributed by atoms with van der Waals surface area (Å²) in [5.41, 5.74) is 6.76. The number of ether oxygens (including phenoxy) is 5. The number of nitrogens with two attached hydrogens (primary N) is 1. The second-order valence-electron chi connectivity index (χ2n) is 12.8. The molecular formula is C36H56N4O9. The number of aliphatic hydroxyl groups excluding tert-OH is 1. The van der Waals surface area contributed by atoms with Crippen molar-refractivity contribution in [1.29, 1.82) is 0 Å². The molecule has 0 spiro atoms. The van der Waals surface area contributed by atoms with Crippen LogP contribution in [0.25, 0.3) is 0 Å². The largest absolute Gasteiger partial charge is 0.491 e. The standard InChI is InChI=1S/C36H56N4O9/c1-7-47-34(43)31(32(41)29(23-26-11-9-8-10-12-26)40-35(44)49-36(4,5)6)39-24-27-13-15-28(16-14-27)48-22-21-46-20-19-45-18-17-38-33(42)30(37)25(2)3/h8-16,25,29-32,39,41H,7,17-24,37H2,1-6H3,(H,38,42)(H,40,44)/t29-,30-,31+,32+/m0/s1. The summed E-state index contributed by atoms with van der Waals surface area (Å²) in [4.78, 5) is 37.5. The topological polar surface area (TPSA) is 180 Å². The molecule has 6 N–H and O–H groups in total. The van der Waals surface area contributed by atoms with Crippen molar-refractivity contribution in [1.82, 2.24) is 16.0 Å². The summed E-state index contributed by atoms with van der Waals surface area (Å²) in [6.07, 6.45) is -1.78. The first-order chi connectivity index (χ1) is 23.3. The molecule has 2 rings (SSSR count). The molecule has 2 amide bonds. The van der Waals surface area contributed by atoms with Crippen molar-refractivity contribution in [3.8, 4) is 5.75 Å². The van der Waals surface area contributed by atoms with E-state index in [9.17, 15) is 19.5 Å². The lowest BCUT2D eigenvalue weighted by Crippen LogP contribution is -2.57. The predicted molar refractivity (Wildman–Crippen MR) is 186 cm³/mol. The van der Waals surface area contributed by atoms with Crippen LogP contribution in [0.15, 0.2) is 54.6 Å². The van der Waals surface area contributed by atoms with E-state index in [1.165, 1.54) is 0 Å². The van der Waals surface area contributed by atoms with Gasteiger partial charge in [0.05, 0.1) is 45.1 Å². The van der Waals surface area contributed by atoms with E-state index in [1.807, 2.05) is 56.3 Å². The second-order valence-corrected chi connectivity index (χ2v) is 12.8. The third kappa shape index (κ3) is 17.0. The summed E-state index contributed by atoms with van der Waals surface area (Å²) in [7, 11) is 0. The fraction of sp³-hybridized carbons (Fsp3) is 0.583. The molecule has 49 heavy (non-hydrogen) atoms. The monoisotopic (exact) mass is 688 g/mol. The minimum Gasteiger partial charge on any atom is -0.491 e. The lowest BCUT2D eigenvalue weighted by atomic mass is 9.96. The quantitative estimate of drug-likeness (QED) is 0.0907. The molecule has 274 valence electrons. The van der Waals surface area contributed by atoms with E-state index >= 15 is 0 Å². The van der Waals surface area contributed by atoms with Gasteiger partial charge in [0.15, 0.2) is 0 Å². The Hall–Kier alpha value is -3.75. The molecule has 4 atom stereocenters. The normalized spacial score (nSPS) is 14.0. The SMILES string of the molecule is CCOC(=O)[C@H](NCc1ccc(OCCOCCOCCNC(=O)[C@@H](N)C(C)C)cc1)[C@H](O)[C@H](Cc1ccccc1)NC(=O)OC(C)(C)C. The highest BCUT2D eigenvalue weighted by atomic mass is 16.6. The van der Waals surface area contributed by atoms with Gasteiger partial charge in [0.25, 0.3) is 0 Å². The number of nitrogens with one attached hydrogen (secondary N) is 3. The fourth-order valence-electron chi connectivity index (χ4n) is 4.53. The van der Waals surface area contributed by atoms with Crippen LogP contribution in [0.3, 0.4) is 0 Å². The Morgan fingerprint density at radius 3 is 2.12 bits per heavy atom. The number of hydrogen-bond donors (Lipinski definition) is 5. The van der Waals surface area contributed by atoms with Crippen molar-refractivity contribution in [2.75, 3.05) is 46.2 Å². The van der Waals surface area contributed by atoms with Crippen molar-refractivity contribution in [2.24, 2.45) is 11.7 Å². The molecule has 2 aromatic rings. The first-order valence-corrected chi connectivity index (χ1v) is 16.8. The lowest BCUT2D eigenvalue weighted by molar-refractivity contribution is -0.149. The molecule has 0 aliphatic carbocycles. The van der Waals surface area contributed by atoms with E-state index in [2.05, 4.69) is 16.0 Å². The Balaban J connectivity index is 1.84. The van der Waals surface area contributed by atoms with Gasteiger partial charge in [-0.1, -0.05) is 56.3 Å². The molecule has 0 fully saturated rings. The first kappa shape index (κ1) is 41.4. The maximum atomic E-state index is 13.0. The number of carbonyl (C=O) groups excluding carboxylic acids is 3. The van der Waals surface area contributed by atoms with Crippen LogP contribution in [0.4, 0.5) is 4.79 Å². The van der Waals surface area contributed by atoms with Crippen LogP contribution < -0.4 is 26.4 Å². The molecule has 0 aliphatic rings. The third-order valence-corrected chi connectivity index (χ3v) is 7.18. The van der Waals surface area contributed by atoms with Crippen LogP contribution in [0.2, 0.25) is 0 Å². The summed E-state index contributed by atoms with van der Waals surface area (Å²) < 4.78 is 27.5. The Labute approximate surface area is 290 Å². The van der Waals surface area contributed by atoms with Gasteiger partial charge in [-0.05, 0) is 63.3 Å². The van der Waals surface area contributed by atoms with Crippen LogP contribution >= 0.6 is 0 Å². The Morgan fingerprint density at radius 1 is 0.878 bits per heavy atom. The zero-order valence-corrected chi connectivity index (χ0v) is 29.7. The van der Waals surface area contributed by atoms with Crippen LogP contribution in [0, 0.1) is 5.92 Å². The number of alkyl carbamates (subject to hydrolysis) is 1. The van der Waals surface area contributed by atoms with Gasteiger partial charge in [-0.3, -0.25) is 14.9 Å². The van der Waals surface area contributed by atoms with Crippen LogP contribution in [-0.4, -0.2) is 99.1 Å². The molecule has 13 heteroatoms. The molecule has 2 aromatic carbocycles. The van der Waals surface area contributed by atoms with Crippen molar-refractivity contribution < 1.29 is 43.2 Å². The number of esters is 1. The molecule has 0 unspecified atom stereocenters. The van der Waals surface area contributed by atoms with E-state index < -0.39 is 41.9 Å². The highest BCUT2D eigenvalue weighted by molar-refractivity contribution is 5.81. The molecule has 0 saturated heterocycles. The van der Waals surface area contributed by atoms with E-state index in [0.717, 1.165) is 11.1 Å². The zero-order valence-electron chi connectivity index (χ0n) is 29.7. The molecule has 0 bridgehead atoms. The average Bonchev–Trinajstić information content (AvgIpc) is 3.05. The van der Waals surface area contributed by atoms with Gasteiger partial charge in [-0.15, -0.1) is 0 Å². The van der Waals surface area contributed by atoms with Crippen LogP contribution in [0.5, 0.6) is 5.75 Å². The van der Waals surface area contributed by atoms with E-state index in [4.69, 9.17) is 29.4 Å². The second kappa shape index (κ2) is 22.1. The molecule has 0 heterocycles. The van der Waals surface area contributed by atoms with Gasteiger partial charge in [0, 0.05) is 13.1 Å². The first-order valence-electron chi connectivity index (χ1n) is 16.8. The number of rotatable bonds is 22. The summed E-state index contributed by atoms with van der Waals surface area (Å²) >= 11 is 0. The molecule has 0 aliphatic heterocycles. The minimum atomic E-state index is -1.34. The minimum absolute atomic E-state index is 0.0727. The van der Waals surface area contributed by atoms with E-state index in [1.54, 1.807) is 39.8 Å². The smallest absolute Gasteiger partial charge is 0.407 e. The third-order valence-electron chi connectivity index (χ3n) is 7.18. The van der Waals surface area contributed by atoms with Gasteiger partial charge in [0.2, 0.25) is 5.91 Å². The average molecular weight is 689 g/mol. The number of benzene rings is 2. The number of hydrogen-bond acceptors (Lipinski definition) is 11. The molecule has 0 saturated carbocycles. The highest BCUT2D eigenvalue weighted by Crippen LogP contribution is 2.15. The van der Waals surface area contributed by atoms with Gasteiger partial charge < -0.3 is 45.2 Å². The fourth-order valence-corrected chi connectivity index (χ4v) is 4.53. The van der Waals surface area contributed by atoms with Crippen molar-refractivity contribution in [3.63, 3.8) is 0 Å². The van der Waals surface area contributed by atoms with Gasteiger partial charge in [0.1, 0.15) is 30.1 Å². The van der Waals surface area contributed by atoms with E-state index in [0.29, 0.717) is 45.3 Å². The van der Waals surface area contributed by atoms with Crippen molar-refractivity contribution >= 4 is 18.0 Å². The maximum Gasteiger partial charge on any atom is 0.407 e. The van der Waals surface area contributed by atoms with Gasteiger partial charge in [-0.2, -0.15) is 0 Å². The number of aliphatic hydroxyl groups is 1. The Kier molecular flexibility index (Phi) is 18.7. The lowest BCUT2D eigenvalue weighted by Gasteiger charge is -2.31. The summed E-state index contributed by atoms with van der Waals surface area (Å²) in [6.45, 7) is 13.3. The van der Waals surface area contributed by atoms with Crippen LogP contribution in [-0.2, 0) is 41.5 Å². The summed E-state index contributed by atoms with van der Waals surface area (Å²) in [5, 5.41) is 20.1. The summed E-state index contributed by atoms with van der Waals surface area (Å²) in [5.74, 6) is -0.107. The number of amides is 2. The van der Waals surface area contributed by atoms with Crippen LogP contribution in [0.1, 0.15) is 52.7 Å². The Morgan fingerprint density at radius 2 is 1.51 bits per heavy atom. The van der Waals surface area contributed by atoms with Crippen molar-refractivity contribution in [2.45, 2.75) is 84.3 Å². The number of carbonyl (C=O) groups is 3. The predicted octanol–water partition coefficient (Wildman–Crippen LogP) is 2.72. The van der Waals surface area contributed by atoms with Gasteiger partial charge >= 0.3 is 12.1 Å². The van der Waals surface area contributed by atoms with E-state index in [-0.39, 0.29) is 31.4 Å².